The van der Waals surface area contributed by atoms with Gasteiger partial charge in [-0.3, -0.25) is 4.79 Å². The summed E-state index contributed by atoms with van der Waals surface area (Å²) >= 11 is 0. The first-order valence-electron chi connectivity index (χ1n) is 14.3. The molecule has 0 bridgehead atoms. The van der Waals surface area contributed by atoms with Crippen molar-refractivity contribution in [2.24, 2.45) is 10.9 Å². The van der Waals surface area contributed by atoms with Crippen LogP contribution in [0.2, 0.25) is 0 Å². The van der Waals surface area contributed by atoms with Gasteiger partial charge in [0.2, 0.25) is 11.8 Å². The summed E-state index contributed by atoms with van der Waals surface area (Å²) in [7, 11) is 1.64. The van der Waals surface area contributed by atoms with E-state index in [0.29, 0.717) is 39.1 Å². The molecule has 1 N–H and O–H groups in total. The number of likely N-dealkylation sites (tertiary alicyclic amines) is 1. The minimum atomic E-state index is -2.76. The van der Waals surface area contributed by atoms with Crippen molar-refractivity contribution in [3.05, 3.63) is 83.1 Å². The van der Waals surface area contributed by atoms with Gasteiger partial charge in [-0.1, -0.05) is 30.3 Å². The number of benzene rings is 2. The molecule has 3 aliphatic rings. The third-order valence-corrected chi connectivity index (χ3v) is 8.84. The number of alkyl halides is 2. The van der Waals surface area contributed by atoms with Crippen LogP contribution in [-0.2, 0) is 4.79 Å². The topological polar surface area (TPSA) is 70.3 Å². The number of piperidine rings is 1. The number of fused-ring (bicyclic) bond motifs is 1. The van der Waals surface area contributed by atoms with Crippen molar-refractivity contribution in [2.45, 2.75) is 49.5 Å². The van der Waals surface area contributed by atoms with Crippen molar-refractivity contribution in [1.82, 2.24) is 14.4 Å². The Kier molecular flexibility index (Phi) is 7.32. The Bertz CT molecular complexity index is 1500. The highest BCUT2D eigenvalue weighted by Gasteiger charge is 2.46. The number of hydrogen-bond acceptors (Lipinski definition) is 5. The molecule has 2 fully saturated rings. The summed E-state index contributed by atoms with van der Waals surface area (Å²) in [5, 5.41) is 12.4. The van der Waals surface area contributed by atoms with E-state index in [0.717, 1.165) is 27.7 Å². The van der Waals surface area contributed by atoms with Crippen molar-refractivity contribution in [2.75, 3.05) is 33.4 Å². The molecule has 9 heteroatoms. The van der Waals surface area contributed by atoms with E-state index in [1.165, 1.54) is 0 Å². The monoisotopic (exact) mass is 562 g/mol. The van der Waals surface area contributed by atoms with Gasteiger partial charge in [0.05, 0.1) is 12.7 Å². The average molecular weight is 563 g/mol. The highest BCUT2D eigenvalue weighted by molar-refractivity contribution is 5.80. The first-order valence-corrected chi connectivity index (χ1v) is 14.3. The highest BCUT2D eigenvalue weighted by atomic mass is 19.3. The Morgan fingerprint density at radius 2 is 1.78 bits per heavy atom. The summed E-state index contributed by atoms with van der Waals surface area (Å²) in [6.07, 6.45) is 4.49. The van der Waals surface area contributed by atoms with Gasteiger partial charge in [0.15, 0.2) is 0 Å². The number of carbonyl (C=O) groups excluding carboxylic acids is 1. The second-order valence-electron chi connectivity index (χ2n) is 11.6. The van der Waals surface area contributed by atoms with E-state index in [2.05, 4.69) is 0 Å². The van der Waals surface area contributed by atoms with Crippen LogP contribution in [0.3, 0.4) is 0 Å². The van der Waals surface area contributed by atoms with E-state index in [4.69, 9.17) is 9.73 Å². The van der Waals surface area contributed by atoms with Gasteiger partial charge in [0.1, 0.15) is 17.9 Å². The Morgan fingerprint density at radius 3 is 2.49 bits per heavy atom. The lowest BCUT2D eigenvalue weighted by atomic mass is 9.73. The number of amides is 1. The Balaban J connectivity index is 1.10. The number of aliphatic hydroxyl groups is 1. The van der Waals surface area contributed by atoms with Gasteiger partial charge < -0.3 is 24.2 Å². The van der Waals surface area contributed by atoms with Crippen LogP contribution in [0, 0.1) is 5.92 Å². The predicted molar refractivity (Wildman–Crippen MR) is 151 cm³/mol. The van der Waals surface area contributed by atoms with Crippen molar-refractivity contribution in [3.8, 4) is 11.4 Å². The van der Waals surface area contributed by atoms with Crippen LogP contribution in [0.1, 0.15) is 43.6 Å². The van der Waals surface area contributed by atoms with Gasteiger partial charge in [-0.05, 0) is 55.2 Å². The Labute approximate surface area is 238 Å². The number of carbonyl (C=O) groups is 1. The molecule has 1 saturated carbocycles. The molecule has 7 nitrogen and oxygen atoms in total. The molecule has 1 aromatic heterocycles. The van der Waals surface area contributed by atoms with Crippen LogP contribution in [-0.4, -0.2) is 70.3 Å². The molecule has 0 spiro atoms. The summed E-state index contributed by atoms with van der Waals surface area (Å²) in [5.74, 6) is -3.00. The van der Waals surface area contributed by atoms with Gasteiger partial charge in [-0.25, -0.2) is 13.8 Å². The molecule has 1 amide bonds. The molecule has 2 aromatic carbocycles. The van der Waals surface area contributed by atoms with E-state index in [-0.39, 0.29) is 25.2 Å². The molecule has 2 aliphatic heterocycles. The van der Waals surface area contributed by atoms with Crippen molar-refractivity contribution < 1.29 is 23.4 Å². The molecule has 2 atom stereocenters. The van der Waals surface area contributed by atoms with Crippen LogP contribution in [0.25, 0.3) is 11.9 Å². The summed E-state index contributed by atoms with van der Waals surface area (Å²) < 4.78 is 36.0. The van der Waals surface area contributed by atoms with Crippen molar-refractivity contribution >= 4 is 12.1 Å². The standard InChI is InChI=1S/C32H36F2N4O3/c1-41-26-9-7-25(8-10-26)38-16-12-24-20-36(22-35-29(24)38)21-31(40)14-17-37(18-15-31)30(39)27-11-13-32(33,34)19-28(27)23-5-3-2-4-6-23/h2-10,12,16,20,27-28,40H,11,13-15,17-19,21-22H2,1H3/t27-,28+/m1/s1. The zero-order valence-electron chi connectivity index (χ0n) is 23.3. The lowest BCUT2D eigenvalue weighted by Gasteiger charge is -2.43. The molecule has 3 heterocycles. The zero-order chi connectivity index (χ0) is 28.6. The number of halogens is 2. The molecule has 0 unspecified atom stereocenters. The summed E-state index contributed by atoms with van der Waals surface area (Å²) in [6.45, 7) is 1.66. The first kappa shape index (κ1) is 27.4. The van der Waals surface area contributed by atoms with Crippen molar-refractivity contribution in [3.63, 3.8) is 0 Å². The van der Waals surface area contributed by atoms with Gasteiger partial charge in [-0.2, -0.15) is 0 Å². The fraction of sp³-hybridized carbons (Fsp3) is 0.438. The maximum atomic E-state index is 14.4. The zero-order valence-corrected chi connectivity index (χ0v) is 23.3. The predicted octanol–water partition coefficient (Wildman–Crippen LogP) is 3.69. The number of ether oxygens (including phenoxy) is 1. The third-order valence-electron chi connectivity index (χ3n) is 8.84. The van der Waals surface area contributed by atoms with Crippen molar-refractivity contribution in [1.29, 1.82) is 0 Å². The van der Waals surface area contributed by atoms with Crippen LogP contribution >= 0.6 is 0 Å². The van der Waals surface area contributed by atoms with Gasteiger partial charge in [0.25, 0.3) is 0 Å². The quantitative estimate of drug-likeness (QED) is 0.498. The van der Waals surface area contributed by atoms with Gasteiger partial charge >= 0.3 is 0 Å². The molecule has 0 radical (unpaired) electrons. The minimum absolute atomic E-state index is 0.0690. The normalized spacial score (nSPS) is 23.2. The van der Waals surface area contributed by atoms with Crippen LogP contribution < -0.4 is 15.4 Å². The second kappa shape index (κ2) is 10.9. The Hall–Kier alpha value is -3.72. The molecule has 216 valence electrons. The number of hydrogen-bond donors (Lipinski definition) is 1. The van der Waals surface area contributed by atoms with Crippen LogP contribution in [0.4, 0.5) is 8.78 Å². The lowest BCUT2D eigenvalue weighted by Crippen LogP contribution is -2.54. The molecule has 1 aliphatic carbocycles. The Morgan fingerprint density at radius 1 is 1.05 bits per heavy atom. The largest absolute Gasteiger partial charge is 0.497 e. The summed E-state index contributed by atoms with van der Waals surface area (Å²) in [4.78, 5) is 22.2. The number of β-amino-alcohol motifs (C(OH)–C–C–N with tert-alkyl or cyclic N) is 1. The third kappa shape index (κ3) is 5.73. The van der Waals surface area contributed by atoms with Gasteiger partial charge in [-0.15, -0.1) is 0 Å². The van der Waals surface area contributed by atoms with Crippen LogP contribution in [0.15, 0.2) is 71.9 Å². The summed E-state index contributed by atoms with van der Waals surface area (Å²) in [5.41, 5.74) is 1.69. The number of nitrogens with zero attached hydrogens (tertiary/aromatic N) is 4. The van der Waals surface area contributed by atoms with E-state index in [9.17, 15) is 18.7 Å². The number of methoxy groups -OCH3 is 1. The van der Waals surface area contributed by atoms with E-state index < -0.39 is 23.4 Å². The molecule has 3 aromatic rings. The fourth-order valence-corrected chi connectivity index (χ4v) is 6.54. The molecule has 41 heavy (non-hydrogen) atoms. The molecular formula is C32H36F2N4O3. The SMILES string of the molecule is COc1ccc(-n2ccc3c2=NCN(CC2(O)CCN(C(=O)[C@@H]4CCC(F)(F)C[C@H]4c4ccccc4)CC2)C=3)cc1. The van der Waals surface area contributed by atoms with E-state index in [1.807, 2.05) is 82.5 Å². The van der Waals surface area contributed by atoms with Crippen LogP contribution in [0.5, 0.6) is 5.75 Å². The fourth-order valence-electron chi connectivity index (χ4n) is 6.54. The van der Waals surface area contributed by atoms with E-state index in [1.54, 1.807) is 12.0 Å². The summed E-state index contributed by atoms with van der Waals surface area (Å²) in [6, 6.07) is 19.0. The molecule has 1 saturated heterocycles. The first-order chi connectivity index (χ1) is 19.7. The second-order valence-corrected chi connectivity index (χ2v) is 11.6. The maximum Gasteiger partial charge on any atom is 0.248 e. The average Bonchev–Trinajstić information content (AvgIpc) is 3.40. The van der Waals surface area contributed by atoms with E-state index >= 15 is 0 Å². The minimum Gasteiger partial charge on any atom is -0.497 e. The molecule has 6 rings (SSSR count). The smallest absolute Gasteiger partial charge is 0.248 e. The lowest BCUT2D eigenvalue weighted by molar-refractivity contribution is -0.145. The number of rotatable bonds is 6. The maximum absolute atomic E-state index is 14.4. The number of aromatic nitrogens is 1. The van der Waals surface area contributed by atoms with Gasteiger partial charge in [0, 0.05) is 67.6 Å². The highest BCUT2D eigenvalue weighted by Crippen LogP contribution is 2.46. The molecular weight excluding hydrogens is 526 g/mol.